The SMILES string of the molecule is Cc1cccc(-c2ccn(-c3cc(N4CCOCC4)c4nc(-c5cnn(CCN(C)C)c5)n(C)c4n3)n2)c1. The number of benzene rings is 1. The van der Waals surface area contributed by atoms with Gasteiger partial charge in [0, 0.05) is 50.7 Å². The number of fused-ring (bicyclic) bond motifs is 1. The second-order valence-corrected chi connectivity index (χ2v) is 10.1. The maximum absolute atomic E-state index is 5.64. The van der Waals surface area contributed by atoms with Crippen LogP contribution in [0.1, 0.15) is 5.56 Å². The van der Waals surface area contributed by atoms with E-state index in [2.05, 4.69) is 77.0 Å². The summed E-state index contributed by atoms with van der Waals surface area (Å²) in [4.78, 5) is 14.6. The van der Waals surface area contributed by atoms with Gasteiger partial charge in [-0.25, -0.2) is 14.6 Å². The molecule has 1 aliphatic rings. The summed E-state index contributed by atoms with van der Waals surface area (Å²) in [6.07, 6.45) is 5.91. The van der Waals surface area contributed by atoms with E-state index in [9.17, 15) is 0 Å². The van der Waals surface area contributed by atoms with Crippen LogP contribution in [0.3, 0.4) is 0 Å². The zero-order chi connectivity index (χ0) is 26.2. The van der Waals surface area contributed by atoms with Crippen LogP contribution in [-0.4, -0.2) is 85.9 Å². The quantitative estimate of drug-likeness (QED) is 0.331. The molecule has 0 N–H and O–H groups in total. The number of hydrogen-bond acceptors (Lipinski definition) is 7. The van der Waals surface area contributed by atoms with E-state index in [1.807, 2.05) is 34.9 Å². The van der Waals surface area contributed by atoms with Gasteiger partial charge in [-0.1, -0.05) is 23.8 Å². The minimum atomic E-state index is 0.691. The fourth-order valence-electron chi connectivity index (χ4n) is 4.86. The largest absolute Gasteiger partial charge is 0.378 e. The highest BCUT2D eigenvalue weighted by Crippen LogP contribution is 2.32. The Bertz CT molecular complexity index is 1570. The van der Waals surface area contributed by atoms with Crippen LogP contribution in [0.2, 0.25) is 0 Å². The number of nitrogens with zero attached hydrogens (tertiary/aromatic N) is 9. The minimum absolute atomic E-state index is 0.691. The van der Waals surface area contributed by atoms with Crippen molar-refractivity contribution >= 4 is 16.9 Å². The molecule has 0 radical (unpaired) electrons. The lowest BCUT2D eigenvalue weighted by atomic mass is 10.1. The first-order valence-corrected chi connectivity index (χ1v) is 13.0. The molecule has 10 nitrogen and oxygen atoms in total. The maximum atomic E-state index is 5.64. The third-order valence-corrected chi connectivity index (χ3v) is 6.95. The monoisotopic (exact) mass is 511 g/mol. The van der Waals surface area contributed by atoms with Crippen LogP contribution in [0.5, 0.6) is 0 Å². The highest BCUT2D eigenvalue weighted by atomic mass is 16.5. The number of ether oxygens (including phenoxy) is 1. The molecule has 6 rings (SSSR count). The van der Waals surface area contributed by atoms with Gasteiger partial charge in [0.15, 0.2) is 11.5 Å². The summed E-state index contributed by atoms with van der Waals surface area (Å²) in [7, 11) is 6.15. The molecule has 0 aliphatic carbocycles. The predicted octanol–water partition coefficient (Wildman–Crippen LogP) is 3.39. The van der Waals surface area contributed by atoms with E-state index >= 15 is 0 Å². The van der Waals surface area contributed by atoms with Crippen molar-refractivity contribution in [2.24, 2.45) is 7.05 Å². The first-order chi connectivity index (χ1) is 18.5. The van der Waals surface area contributed by atoms with Crippen molar-refractivity contribution in [3.63, 3.8) is 0 Å². The van der Waals surface area contributed by atoms with E-state index in [4.69, 9.17) is 19.8 Å². The molecule has 0 amide bonds. The van der Waals surface area contributed by atoms with E-state index in [0.29, 0.717) is 13.2 Å². The van der Waals surface area contributed by atoms with E-state index in [1.165, 1.54) is 5.56 Å². The lowest BCUT2D eigenvalue weighted by Gasteiger charge is -2.29. The Morgan fingerprint density at radius 2 is 1.87 bits per heavy atom. The summed E-state index contributed by atoms with van der Waals surface area (Å²) in [6, 6.07) is 12.5. The standard InChI is InChI=1S/C28H33N9O/c1-20-6-5-7-21(16-20)23-8-9-37(32-23)25-17-24(35-12-14-38-15-13-35)26-28(30-25)34(4)27(31-26)22-18-29-36(19-22)11-10-33(2)3/h5-9,16-19H,10-15H2,1-4H3. The Labute approximate surface area is 222 Å². The van der Waals surface area contributed by atoms with Gasteiger partial charge >= 0.3 is 0 Å². The Kier molecular flexibility index (Phi) is 6.42. The highest BCUT2D eigenvalue weighted by Gasteiger charge is 2.22. The van der Waals surface area contributed by atoms with Crippen LogP contribution < -0.4 is 4.90 Å². The third kappa shape index (κ3) is 4.68. The first-order valence-electron chi connectivity index (χ1n) is 13.0. The normalized spacial score (nSPS) is 14.2. The third-order valence-electron chi connectivity index (χ3n) is 6.95. The summed E-state index contributed by atoms with van der Waals surface area (Å²) in [5, 5.41) is 9.45. The Balaban J connectivity index is 1.43. The Morgan fingerprint density at radius 1 is 1.03 bits per heavy atom. The molecule has 196 valence electrons. The molecule has 0 spiro atoms. The van der Waals surface area contributed by atoms with Crippen LogP contribution in [0.15, 0.2) is 55.0 Å². The molecule has 10 heteroatoms. The zero-order valence-corrected chi connectivity index (χ0v) is 22.4. The van der Waals surface area contributed by atoms with Gasteiger partial charge in [-0.15, -0.1) is 0 Å². The summed E-state index contributed by atoms with van der Waals surface area (Å²) >= 11 is 0. The number of hydrogen-bond donors (Lipinski definition) is 0. The summed E-state index contributed by atoms with van der Waals surface area (Å²) in [6.45, 7) is 6.83. The number of aryl methyl sites for hydroxylation is 2. The molecule has 1 aliphatic heterocycles. The molecule has 5 aromatic rings. The molecule has 38 heavy (non-hydrogen) atoms. The van der Waals surface area contributed by atoms with Gasteiger partial charge in [-0.3, -0.25) is 4.68 Å². The first kappa shape index (κ1) is 24.3. The van der Waals surface area contributed by atoms with Crippen molar-refractivity contribution in [3.05, 3.63) is 60.6 Å². The average Bonchev–Trinajstić information content (AvgIpc) is 3.67. The van der Waals surface area contributed by atoms with Gasteiger partial charge in [0.2, 0.25) is 0 Å². The molecule has 0 bridgehead atoms. The molecule has 1 fully saturated rings. The number of morpholine rings is 1. The van der Waals surface area contributed by atoms with Gasteiger partial charge in [0.1, 0.15) is 11.3 Å². The number of aromatic nitrogens is 7. The minimum Gasteiger partial charge on any atom is -0.378 e. The van der Waals surface area contributed by atoms with Gasteiger partial charge in [-0.2, -0.15) is 10.2 Å². The van der Waals surface area contributed by atoms with Crippen molar-refractivity contribution in [3.8, 4) is 28.5 Å². The van der Waals surface area contributed by atoms with Gasteiger partial charge in [0.25, 0.3) is 0 Å². The van der Waals surface area contributed by atoms with Crippen LogP contribution in [-0.2, 0) is 18.3 Å². The van der Waals surface area contributed by atoms with Crippen LogP contribution in [0, 0.1) is 6.92 Å². The molecular weight excluding hydrogens is 478 g/mol. The number of rotatable bonds is 7. The van der Waals surface area contributed by atoms with Crippen molar-refractivity contribution in [1.82, 2.24) is 39.0 Å². The van der Waals surface area contributed by atoms with Crippen molar-refractivity contribution < 1.29 is 4.74 Å². The summed E-state index contributed by atoms with van der Waals surface area (Å²) < 4.78 is 11.5. The number of likely N-dealkylation sites (N-methyl/N-ethyl adjacent to an activating group) is 1. The van der Waals surface area contributed by atoms with Crippen LogP contribution in [0.25, 0.3) is 39.6 Å². The lowest BCUT2D eigenvalue weighted by Crippen LogP contribution is -2.36. The predicted molar refractivity (Wildman–Crippen MR) is 149 cm³/mol. The van der Waals surface area contributed by atoms with Gasteiger partial charge < -0.3 is 19.1 Å². The molecular formula is C28H33N9O. The zero-order valence-electron chi connectivity index (χ0n) is 22.4. The molecule has 4 aromatic heterocycles. The van der Waals surface area contributed by atoms with Gasteiger partial charge in [0.05, 0.1) is 42.9 Å². The lowest BCUT2D eigenvalue weighted by molar-refractivity contribution is 0.123. The van der Waals surface area contributed by atoms with Crippen molar-refractivity contribution in [1.29, 1.82) is 0 Å². The van der Waals surface area contributed by atoms with E-state index in [1.54, 1.807) is 0 Å². The van der Waals surface area contributed by atoms with E-state index in [-0.39, 0.29) is 0 Å². The summed E-state index contributed by atoms with van der Waals surface area (Å²) in [5.74, 6) is 1.60. The van der Waals surface area contributed by atoms with Gasteiger partial charge in [-0.05, 0) is 33.2 Å². The number of imidazole rings is 1. The Morgan fingerprint density at radius 3 is 2.66 bits per heavy atom. The molecule has 0 unspecified atom stereocenters. The molecule has 1 saturated heterocycles. The fraction of sp³-hybridized carbons (Fsp3) is 0.357. The maximum Gasteiger partial charge on any atom is 0.164 e. The Hall–Kier alpha value is -4.02. The smallest absolute Gasteiger partial charge is 0.164 e. The van der Waals surface area contributed by atoms with E-state index in [0.717, 1.165) is 71.5 Å². The molecule has 5 heterocycles. The second-order valence-electron chi connectivity index (χ2n) is 10.1. The molecule has 1 aromatic carbocycles. The van der Waals surface area contributed by atoms with Crippen molar-refractivity contribution in [2.45, 2.75) is 13.5 Å². The number of anilines is 1. The average molecular weight is 512 g/mol. The summed E-state index contributed by atoms with van der Waals surface area (Å²) in [5.41, 5.74) is 6.92. The van der Waals surface area contributed by atoms with Crippen LogP contribution >= 0.6 is 0 Å². The van der Waals surface area contributed by atoms with E-state index < -0.39 is 0 Å². The molecule has 0 atom stereocenters. The van der Waals surface area contributed by atoms with Crippen LogP contribution in [0.4, 0.5) is 5.69 Å². The number of pyridine rings is 1. The highest BCUT2D eigenvalue weighted by molar-refractivity contribution is 5.90. The fourth-order valence-corrected chi connectivity index (χ4v) is 4.86. The molecule has 0 saturated carbocycles. The van der Waals surface area contributed by atoms with Crippen molar-refractivity contribution in [2.75, 3.05) is 51.8 Å². The second kappa shape index (κ2) is 10.0. The topological polar surface area (TPSA) is 82.1 Å².